The number of sulfonamides is 1. The summed E-state index contributed by atoms with van der Waals surface area (Å²) >= 11 is 0. The molecule has 4 aliphatic rings. The Labute approximate surface area is 185 Å². The quantitative estimate of drug-likeness (QED) is 0.639. The third kappa shape index (κ3) is 4.51. The summed E-state index contributed by atoms with van der Waals surface area (Å²) in [5.41, 5.74) is 0.340. The molecular weight excluding hydrogens is 414 g/mol. The predicted octanol–water partition coefficient (Wildman–Crippen LogP) is 2.28. The van der Waals surface area contributed by atoms with Gasteiger partial charge in [-0.1, -0.05) is 18.2 Å². The first kappa shape index (κ1) is 22.3. The van der Waals surface area contributed by atoms with Crippen LogP contribution >= 0.6 is 0 Å². The number of nitrogens with zero attached hydrogens (tertiary/aromatic N) is 1. The summed E-state index contributed by atoms with van der Waals surface area (Å²) < 4.78 is 26.1. The fourth-order valence-corrected chi connectivity index (χ4v) is 7.36. The topological polar surface area (TPSA) is 95.6 Å². The molecule has 0 aromatic heterocycles. The van der Waals surface area contributed by atoms with E-state index in [0.29, 0.717) is 29.9 Å². The van der Waals surface area contributed by atoms with Gasteiger partial charge in [0.1, 0.15) is 0 Å². The molecule has 0 atom stereocenters. The van der Waals surface area contributed by atoms with Crippen molar-refractivity contribution < 1.29 is 18.0 Å². The standard InChI is InChI=1S/C23H33N3O4S/c1-26(2)31(29,30)20-6-4-3-5-19(20)15-25-21(27)7-8-24-22(28)23-12-16-9-17(13-23)11-18(10-16)14-23/h3-6,16-18H,7-15H2,1-2H3,(H,24,28)(H,25,27). The second-order valence-corrected chi connectivity index (χ2v) is 12.0. The minimum Gasteiger partial charge on any atom is -0.355 e. The van der Waals surface area contributed by atoms with Crippen LogP contribution in [-0.4, -0.2) is 45.2 Å². The SMILES string of the molecule is CN(C)S(=O)(=O)c1ccccc1CNC(=O)CCNC(=O)C12CC3CC(CC(C3)C1)C2. The average Bonchev–Trinajstić information content (AvgIpc) is 2.71. The van der Waals surface area contributed by atoms with Crippen LogP contribution in [0.15, 0.2) is 29.2 Å². The molecule has 0 saturated heterocycles. The summed E-state index contributed by atoms with van der Waals surface area (Å²) in [5, 5.41) is 5.80. The zero-order valence-corrected chi connectivity index (χ0v) is 19.2. The Morgan fingerprint density at radius 2 is 1.58 bits per heavy atom. The fourth-order valence-electron chi connectivity index (χ4n) is 6.25. The Morgan fingerprint density at radius 3 is 2.16 bits per heavy atom. The lowest BCUT2D eigenvalue weighted by Gasteiger charge is -2.55. The molecule has 4 saturated carbocycles. The molecule has 0 heterocycles. The lowest BCUT2D eigenvalue weighted by atomic mass is 9.49. The molecule has 1 aromatic rings. The van der Waals surface area contributed by atoms with Crippen molar-refractivity contribution >= 4 is 21.8 Å². The summed E-state index contributed by atoms with van der Waals surface area (Å²) in [5.74, 6) is 2.04. The van der Waals surface area contributed by atoms with E-state index in [9.17, 15) is 18.0 Å². The highest BCUT2D eigenvalue weighted by molar-refractivity contribution is 7.89. The van der Waals surface area contributed by atoms with Crippen molar-refractivity contribution in [2.45, 2.75) is 56.4 Å². The van der Waals surface area contributed by atoms with Crippen molar-refractivity contribution in [1.29, 1.82) is 0 Å². The lowest BCUT2D eigenvalue weighted by Crippen LogP contribution is -2.53. The number of hydrogen-bond donors (Lipinski definition) is 2. The molecule has 4 aliphatic carbocycles. The molecule has 2 N–H and O–H groups in total. The summed E-state index contributed by atoms with van der Waals surface area (Å²) in [6.45, 7) is 0.440. The zero-order valence-electron chi connectivity index (χ0n) is 18.4. The van der Waals surface area contributed by atoms with Crippen LogP contribution in [0.25, 0.3) is 0 Å². The Kier molecular flexibility index (Phi) is 6.14. The molecule has 0 spiro atoms. The third-order valence-electron chi connectivity index (χ3n) is 7.36. The van der Waals surface area contributed by atoms with E-state index in [0.717, 1.165) is 23.6 Å². The summed E-state index contributed by atoms with van der Waals surface area (Å²) in [6.07, 6.45) is 7.08. The number of benzene rings is 1. The van der Waals surface area contributed by atoms with Crippen LogP contribution in [0, 0.1) is 23.2 Å². The van der Waals surface area contributed by atoms with Crippen LogP contribution in [0.5, 0.6) is 0 Å². The van der Waals surface area contributed by atoms with Gasteiger partial charge in [-0.05, 0) is 67.9 Å². The van der Waals surface area contributed by atoms with Gasteiger partial charge in [-0.2, -0.15) is 0 Å². The number of carbonyl (C=O) groups is 2. The maximum Gasteiger partial charge on any atom is 0.242 e. The van der Waals surface area contributed by atoms with E-state index in [1.165, 1.54) is 33.4 Å². The summed E-state index contributed by atoms with van der Waals surface area (Å²) in [4.78, 5) is 25.5. The molecule has 2 amide bonds. The molecule has 0 aliphatic heterocycles. The van der Waals surface area contributed by atoms with E-state index < -0.39 is 10.0 Å². The predicted molar refractivity (Wildman–Crippen MR) is 117 cm³/mol. The van der Waals surface area contributed by atoms with Gasteiger partial charge in [0, 0.05) is 39.0 Å². The summed E-state index contributed by atoms with van der Waals surface area (Å²) in [6, 6.07) is 6.66. The van der Waals surface area contributed by atoms with Gasteiger partial charge in [0.2, 0.25) is 21.8 Å². The minimum absolute atomic E-state index is 0.127. The highest BCUT2D eigenvalue weighted by Gasteiger charge is 2.54. The second kappa shape index (κ2) is 8.54. The van der Waals surface area contributed by atoms with Crippen LogP contribution < -0.4 is 10.6 Å². The fraction of sp³-hybridized carbons (Fsp3) is 0.652. The van der Waals surface area contributed by atoms with Crippen molar-refractivity contribution in [2.75, 3.05) is 20.6 Å². The molecule has 31 heavy (non-hydrogen) atoms. The first-order chi connectivity index (χ1) is 14.7. The molecular formula is C23H33N3O4S. The zero-order chi connectivity index (χ0) is 22.2. The second-order valence-electron chi connectivity index (χ2n) is 9.88. The number of hydrogen-bond acceptors (Lipinski definition) is 4. The number of nitrogens with one attached hydrogen (secondary N) is 2. The monoisotopic (exact) mass is 447 g/mol. The Bertz CT molecular complexity index is 922. The van der Waals surface area contributed by atoms with Gasteiger partial charge in [0.25, 0.3) is 0 Å². The summed E-state index contributed by atoms with van der Waals surface area (Å²) in [7, 11) is -0.614. The number of carbonyl (C=O) groups excluding carboxylic acids is 2. The number of rotatable bonds is 8. The maximum absolute atomic E-state index is 13.0. The molecule has 7 nitrogen and oxygen atoms in total. The van der Waals surface area contributed by atoms with Gasteiger partial charge in [0.05, 0.1) is 4.90 Å². The van der Waals surface area contributed by atoms with E-state index in [-0.39, 0.29) is 35.1 Å². The maximum atomic E-state index is 13.0. The normalized spacial score (nSPS) is 29.2. The smallest absolute Gasteiger partial charge is 0.242 e. The molecule has 170 valence electrons. The van der Waals surface area contributed by atoms with Gasteiger partial charge >= 0.3 is 0 Å². The average molecular weight is 448 g/mol. The Balaban J connectivity index is 1.27. The van der Waals surface area contributed by atoms with Crippen molar-refractivity contribution in [3.05, 3.63) is 29.8 Å². The number of amides is 2. The molecule has 1 aromatic carbocycles. The largest absolute Gasteiger partial charge is 0.355 e. The highest BCUT2D eigenvalue weighted by Crippen LogP contribution is 2.60. The van der Waals surface area contributed by atoms with E-state index in [2.05, 4.69) is 10.6 Å². The van der Waals surface area contributed by atoms with Crippen LogP contribution in [0.3, 0.4) is 0 Å². The first-order valence-electron chi connectivity index (χ1n) is 11.2. The van der Waals surface area contributed by atoms with Gasteiger partial charge in [-0.25, -0.2) is 12.7 Å². The van der Waals surface area contributed by atoms with Crippen molar-refractivity contribution in [2.24, 2.45) is 23.2 Å². The van der Waals surface area contributed by atoms with Crippen LogP contribution in [0.4, 0.5) is 0 Å². The highest BCUT2D eigenvalue weighted by atomic mass is 32.2. The van der Waals surface area contributed by atoms with Crippen LogP contribution in [0.2, 0.25) is 0 Å². The minimum atomic E-state index is -3.58. The van der Waals surface area contributed by atoms with Gasteiger partial charge in [0.15, 0.2) is 0 Å². The van der Waals surface area contributed by atoms with Crippen LogP contribution in [-0.2, 0) is 26.2 Å². The molecule has 0 unspecified atom stereocenters. The lowest BCUT2D eigenvalue weighted by molar-refractivity contribution is -0.146. The third-order valence-corrected chi connectivity index (χ3v) is 9.28. The molecule has 4 bridgehead atoms. The van der Waals surface area contributed by atoms with Gasteiger partial charge in [-0.3, -0.25) is 9.59 Å². The van der Waals surface area contributed by atoms with E-state index in [1.54, 1.807) is 24.3 Å². The van der Waals surface area contributed by atoms with E-state index in [4.69, 9.17) is 0 Å². The Morgan fingerprint density at radius 1 is 1.00 bits per heavy atom. The van der Waals surface area contributed by atoms with Crippen LogP contribution in [0.1, 0.15) is 50.5 Å². The van der Waals surface area contributed by atoms with Crippen molar-refractivity contribution in [1.82, 2.24) is 14.9 Å². The molecule has 8 heteroatoms. The van der Waals surface area contributed by atoms with Gasteiger partial charge < -0.3 is 10.6 Å². The van der Waals surface area contributed by atoms with E-state index >= 15 is 0 Å². The van der Waals surface area contributed by atoms with Gasteiger partial charge in [-0.15, -0.1) is 0 Å². The van der Waals surface area contributed by atoms with Crippen molar-refractivity contribution in [3.8, 4) is 0 Å². The first-order valence-corrected chi connectivity index (χ1v) is 12.7. The molecule has 4 fully saturated rings. The van der Waals surface area contributed by atoms with E-state index in [1.807, 2.05) is 0 Å². The molecule has 0 radical (unpaired) electrons. The Hall–Kier alpha value is -1.93. The van der Waals surface area contributed by atoms with Crippen molar-refractivity contribution in [3.63, 3.8) is 0 Å². The molecule has 5 rings (SSSR count).